The Balaban J connectivity index is 3.63. The Morgan fingerprint density at radius 2 is 2.25 bits per heavy atom. The Kier molecular flexibility index (Phi) is 3.33. The molecule has 1 N–H and O–H groups in total. The van der Waals surface area contributed by atoms with E-state index in [1.54, 1.807) is 6.08 Å². The van der Waals surface area contributed by atoms with Gasteiger partial charge in [-0.05, 0) is 19.4 Å². The summed E-state index contributed by atoms with van der Waals surface area (Å²) in [6.07, 6.45) is 2.75. The Hall–Kier alpha value is -0.460. The van der Waals surface area contributed by atoms with Crippen LogP contribution in [0, 0.1) is 5.92 Å². The Morgan fingerprint density at radius 1 is 1.75 bits per heavy atom. The summed E-state index contributed by atoms with van der Waals surface area (Å²) in [6, 6.07) is 0. The van der Waals surface area contributed by atoms with E-state index in [1.165, 1.54) is 0 Å². The summed E-state index contributed by atoms with van der Waals surface area (Å²) in [5.74, 6) is 0.840. The van der Waals surface area contributed by atoms with E-state index in [0.717, 1.165) is 6.42 Å². The van der Waals surface area contributed by atoms with Crippen molar-refractivity contribution in [3.05, 3.63) is 11.8 Å². The van der Waals surface area contributed by atoms with Crippen LogP contribution in [0.25, 0.3) is 0 Å². The molecule has 0 spiro atoms. The van der Waals surface area contributed by atoms with Crippen LogP contribution in [0.15, 0.2) is 11.8 Å². The van der Waals surface area contributed by atoms with Gasteiger partial charge in [0.2, 0.25) is 0 Å². The third-order valence-corrected chi connectivity index (χ3v) is 1.41. The second-order valence-corrected chi connectivity index (χ2v) is 2.02. The molecule has 0 bridgehead atoms. The summed E-state index contributed by atoms with van der Waals surface area (Å²) in [7, 11) is 0. The molecule has 1 heteroatoms. The maximum atomic E-state index is 8.99. The molecule has 0 saturated carbocycles. The molecule has 0 amide bonds. The van der Waals surface area contributed by atoms with Crippen LogP contribution in [-0.2, 0) is 0 Å². The quantitative estimate of drug-likeness (QED) is 0.547. The van der Waals surface area contributed by atoms with Gasteiger partial charge in [-0.15, -0.1) is 0 Å². The predicted molar refractivity (Wildman–Crippen MR) is 35.8 cm³/mol. The summed E-state index contributed by atoms with van der Waals surface area (Å²) in [4.78, 5) is 0. The van der Waals surface area contributed by atoms with E-state index in [4.69, 9.17) is 5.11 Å². The fraction of sp³-hybridized carbons (Fsp3) is 0.714. The number of rotatable bonds is 2. The molecule has 1 nitrogen and oxygen atoms in total. The molecule has 0 aromatic rings. The van der Waals surface area contributed by atoms with Crippen LogP contribution in [0.5, 0.6) is 0 Å². The van der Waals surface area contributed by atoms with Crippen molar-refractivity contribution in [2.45, 2.75) is 27.2 Å². The lowest BCUT2D eigenvalue weighted by molar-refractivity contribution is 0.335. The van der Waals surface area contributed by atoms with E-state index in [1.807, 2.05) is 13.8 Å². The van der Waals surface area contributed by atoms with E-state index in [-0.39, 0.29) is 0 Å². The van der Waals surface area contributed by atoms with Crippen molar-refractivity contribution < 1.29 is 5.11 Å². The van der Waals surface area contributed by atoms with Crippen LogP contribution in [-0.4, -0.2) is 5.11 Å². The molecule has 0 aromatic heterocycles. The number of allylic oxidation sites excluding steroid dienone is 2. The molecular formula is C7H14O. The third-order valence-electron chi connectivity index (χ3n) is 1.41. The smallest absolute Gasteiger partial charge is 0.0908 e. The SMILES string of the molecule is C/C=C(/O)C(C)CC. The minimum Gasteiger partial charge on any atom is -0.512 e. The molecule has 0 heterocycles. The summed E-state index contributed by atoms with van der Waals surface area (Å²) in [5.41, 5.74) is 0. The first-order chi connectivity index (χ1) is 3.72. The highest BCUT2D eigenvalue weighted by Gasteiger charge is 2.00. The monoisotopic (exact) mass is 114 g/mol. The largest absolute Gasteiger partial charge is 0.512 e. The number of hydrogen-bond donors (Lipinski definition) is 1. The zero-order chi connectivity index (χ0) is 6.57. The number of aliphatic hydroxyl groups is 1. The fourth-order valence-electron chi connectivity index (χ4n) is 0.494. The van der Waals surface area contributed by atoms with Gasteiger partial charge in [-0.2, -0.15) is 0 Å². The van der Waals surface area contributed by atoms with Crippen molar-refractivity contribution in [1.29, 1.82) is 0 Å². The average Bonchev–Trinajstić information content (AvgIpc) is 1.84. The highest BCUT2D eigenvalue weighted by atomic mass is 16.3. The normalized spacial score (nSPS) is 16.1. The molecule has 0 aromatic carbocycles. The van der Waals surface area contributed by atoms with Crippen LogP contribution >= 0.6 is 0 Å². The van der Waals surface area contributed by atoms with Crippen molar-refractivity contribution in [1.82, 2.24) is 0 Å². The lowest BCUT2D eigenvalue weighted by Crippen LogP contribution is -1.94. The molecule has 0 saturated heterocycles. The molecule has 0 fully saturated rings. The first-order valence-electron chi connectivity index (χ1n) is 3.07. The van der Waals surface area contributed by atoms with Gasteiger partial charge >= 0.3 is 0 Å². The molecule has 0 rings (SSSR count). The Morgan fingerprint density at radius 3 is 2.38 bits per heavy atom. The molecule has 1 atom stereocenters. The van der Waals surface area contributed by atoms with Gasteiger partial charge in [0, 0.05) is 5.92 Å². The van der Waals surface area contributed by atoms with E-state index in [0.29, 0.717) is 11.7 Å². The fourth-order valence-corrected chi connectivity index (χ4v) is 0.494. The minimum atomic E-state index is 0.333. The topological polar surface area (TPSA) is 20.2 Å². The second kappa shape index (κ2) is 3.53. The maximum absolute atomic E-state index is 8.99. The van der Waals surface area contributed by atoms with Gasteiger partial charge in [-0.3, -0.25) is 0 Å². The lowest BCUT2D eigenvalue weighted by atomic mass is 10.1. The van der Waals surface area contributed by atoms with Gasteiger partial charge in [0.15, 0.2) is 0 Å². The first kappa shape index (κ1) is 7.54. The summed E-state index contributed by atoms with van der Waals surface area (Å²) >= 11 is 0. The first-order valence-corrected chi connectivity index (χ1v) is 3.07. The zero-order valence-electron chi connectivity index (χ0n) is 5.81. The standard InChI is InChI=1S/C7H14O/c1-4-6(3)7(8)5-2/h5-6,8H,4H2,1-3H3/b7-5+. The van der Waals surface area contributed by atoms with E-state index in [9.17, 15) is 0 Å². The van der Waals surface area contributed by atoms with Crippen LogP contribution in [0.1, 0.15) is 27.2 Å². The van der Waals surface area contributed by atoms with Crippen molar-refractivity contribution in [3.63, 3.8) is 0 Å². The van der Waals surface area contributed by atoms with Crippen molar-refractivity contribution in [2.75, 3.05) is 0 Å². The summed E-state index contributed by atoms with van der Waals surface area (Å²) < 4.78 is 0. The number of aliphatic hydroxyl groups excluding tert-OH is 1. The summed E-state index contributed by atoms with van der Waals surface area (Å²) in [6.45, 7) is 5.92. The van der Waals surface area contributed by atoms with Gasteiger partial charge < -0.3 is 5.11 Å². The highest BCUT2D eigenvalue weighted by molar-refractivity contribution is 4.91. The number of hydrogen-bond acceptors (Lipinski definition) is 1. The molecule has 48 valence electrons. The highest BCUT2D eigenvalue weighted by Crippen LogP contribution is 2.09. The van der Waals surface area contributed by atoms with Gasteiger partial charge in [0.25, 0.3) is 0 Å². The van der Waals surface area contributed by atoms with Crippen LogP contribution in [0.4, 0.5) is 0 Å². The third kappa shape index (κ3) is 2.01. The van der Waals surface area contributed by atoms with Crippen LogP contribution in [0.2, 0.25) is 0 Å². The zero-order valence-corrected chi connectivity index (χ0v) is 5.81. The molecule has 0 aliphatic heterocycles. The average molecular weight is 114 g/mol. The van der Waals surface area contributed by atoms with E-state index < -0.39 is 0 Å². The van der Waals surface area contributed by atoms with Crippen molar-refractivity contribution in [2.24, 2.45) is 5.92 Å². The Labute approximate surface area is 51.0 Å². The van der Waals surface area contributed by atoms with E-state index in [2.05, 4.69) is 6.92 Å². The molecule has 0 aliphatic carbocycles. The summed E-state index contributed by atoms with van der Waals surface area (Å²) in [5, 5.41) is 8.99. The van der Waals surface area contributed by atoms with Crippen molar-refractivity contribution in [3.8, 4) is 0 Å². The van der Waals surface area contributed by atoms with Gasteiger partial charge in [0.1, 0.15) is 0 Å². The lowest BCUT2D eigenvalue weighted by Gasteiger charge is -2.04. The predicted octanol–water partition coefficient (Wildman–Crippen LogP) is 2.49. The van der Waals surface area contributed by atoms with Crippen LogP contribution < -0.4 is 0 Å². The van der Waals surface area contributed by atoms with Gasteiger partial charge in [0.05, 0.1) is 5.76 Å². The van der Waals surface area contributed by atoms with Gasteiger partial charge in [-0.25, -0.2) is 0 Å². The molecule has 0 radical (unpaired) electrons. The van der Waals surface area contributed by atoms with Crippen LogP contribution in [0.3, 0.4) is 0 Å². The molecule has 0 aliphatic rings. The molecule has 8 heavy (non-hydrogen) atoms. The van der Waals surface area contributed by atoms with Crippen molar-refractivity contribution >= 4 is 0 Å². The van der Waals surface area contributed by atoms with Gasteiger partial charge in [-0.1, -0.05) is 13.8 Å². The Bertz CT molecular complexity index is 84.4. The molecular weight excluding hydrogens is 100 g/mol. The maximum Gasteiger partial charge on any atom is 0.0908 e. The second-order valence-electron chi connectivity index (χ2n) is 2.02. The minimum absolute atomic E-state index is 0.333. The van der Waals surface area contributed by atoms with E-state index >= 15 is 0 Å². The molecule has 1 unspecified atom stereocenters.